The molecular formula is C12H16N4O2. The van der Waals surface area contributed by atoms with Crippen LogP contribution in [0.4, 0.5) is 5.82 Å². The summed E-state index contributed by atoms with van der Waals surface area (Å²) in [6, 6.07) is 1.41. The molecule has 2 aromatic heterocycles. The third-order valence-corrected chi connectivity index (χ3v) is 2.75. The van der Waals surface area contributed by atoms with Crippen molar-refractivity contribution < 1.29 is 4.52 Å². The van der Waals surface area contributed by atoms with Crippen LogP contribution in [-0.2, 0) is 0 Å². The monoisotopic (exact) mass is 248 g/mol. The number of rotatable bonds is 3. The maximum Gasteiger partial charge on any atom is 0.252 e. The molecule has 2 heterocycles. The molecular weight excluding hydrogens is 232 g/mol. The summed E-state index contributed by atoms with van der Waals surface area (Å²) < 4.78 is 5.12. The number of nitrogens with zero attached hydrogens (tertiary/aromatic N) is 2. The van der Waals surface area contributed by atoms with Crippen molar-refractivity contribution in [3.8, 4) is 0 Å². The standard InChI is InChI=1S/C12H16N4O2/c1-6(12-7(2)16-18-8(12)3)13-10-5-11(17)15-9(4)14-10/h5-6H,1-4H3,(H2,13,14,15,17). The van der Waals surface area contributed by atoms with E-state index in [-0.39, 0.29) is 11.6 Å². The molecule has 0 amide bonds. The van der Waals surface area contributed by atoms with Gasteiger partial charge in [0.25, 0.3) is 5.56 Å². The van der Waals surface area contributed by atoms with Crippen LogP contribution < -0.4 is 10.9 Å². The molecule has 0 saturated heterocycles. The van der Waals surface area contributed by atoms with Crippen LogP contribution in [0.2, 0.25) is 0 Å². The molecule has 0 saturated carbocycles. The summed E-state index contributed by atoms with van der Waals surface area (Å²) >= 11 is 0. The Morgan fingerprint density at radius 2 is 2.11 bits per heavy atom. The Morgan fingerprint density at radius 3 is 2.67 bits per heavy atom. The molecule has 0 spiro atoms. The fourth-order valence-electron chi connectivity index (χ4n) is 2.06. The largest absolute Gasteiger partial charge is 0.363 e. The number of hydrogen-bond acceptors (Lipinski definition) is 5. The quantitative estimate of drug-likeness (QED) is 0.866. The number of hydrogen-bond donors (Lipinski definition) is 2. The zero-order valence-corrected chi connectivity index (χ0v) is 10.9. The predicted molar refractivity (Wildman–Crippen MR) is 67.6 cm³/mol. The first kappa shape index (κ1) is 12.3. The summed E-state index contributed by atoms with van der Waals surface area (Å²) in [5.41, 5.74) is 1.67. The molecule has 0 radical (unpaired) electrons. The van der Waals surface area contributed by atoms with Gasteiger partial charge in [-0.2, -0.15) is 0 Å². The lowest BCUT2D eigenvalue weighted by molar-refractivity contribution is 0.392. The van der Waals surface area contributed by atoms with Crippen LogP contribution in [0, 0.1) is 20.8 Å². The highest BCUT2D eigenvalue weighted by Gasteiger charge is 2.16. The average Bonchev–Trinajstić information content (AvgIpc) is 2.56. The third kappa shape index (κ3) is 2.42. The summed E-state index contributed by atoms with van der Waals surface area (Å²) in [6.45, 7) is 7.47. The molecule has 0 aromatic carbocycles. The Morgan fingerprint density at radius 1 is 1.39 bits per heavy atom. The van der Waals surface area contributed by atoms with Crippen molar-refractivity contribution in [2.75, 3.05) is 5.32 Å². The Bertz CT molecular complexity index is 595. The van der Waals surface area contributed by atoms with Gasteiger partial charge in [0.05, 0.1) is 11.7 Å². The Hall–Kier alpha value is -2.11. The minimum absolute atomic E-state index is 0.0232. The molecule has 0 aliphatic carbocycles. The Kier molecular flexibility index (Phi) is 3.18. The topological polar surface area (TPSA) is 83.8 Å². The van der Waals surface area contributed by atoms with E-state index in [0.29, 0.717) is 11.6 Å². The normalized spacial score (nSPS) is 12.4. The molecule has 0 aliphatic rings. The van der Waals surface area contributed by atoms with Crippen LogP contribution >= 0.6 is 0 Å². The van der Waals surface area contributed by atoms with Crippen molar-refractivity contribution in [3.05, 3.63) is 39.3 Å². The minimum atomic E-state index is -0.170. The lowest BCUT2D eigenvalue weighted by atomic mass is 10.1. The van der Waals surface area contributed by atoms with Crippen LogP contribution in [0.25, 0.3) is 0 Å². The van der Waals surface area contributed by atoms with Crippen molar-refractivity contribution in [2.45, 2.75) is 33.7 Å². The first-order valence-corrected chi connectivity index (χ1v) is 5.74. The van der Waals surface area contributed by atoms with Crippen LogP contribution in [0.15, 0.2) is 15.4 Å². The summed E-state index contributed by atoms with van der Waals surface area (Å²) in [6.07, 6.45) is 0. The molecule has 2 rings (SSSR count). The van der Waals surface area contributed by atoms with Gasteiger partial charge in [0, 0.05) is 11.6 Å². The Labute approximate surface area is 104 Å². The van der Waals surface area contributed by atoms with E-state index in [1.54, 1.807) is 6.92 Å². The Balaban J connectivity index is 2.26. The van der Waals surface area contributed by atoms with Crippen molar-refractivity contribution in [1.29, 1.82) is 0 Å². The first-order valence-electron chi connectivity index (χ1n) is 5.74. The summed E-state index contributed by atoms with van der Waals surface area (Å²) in [7, 11) is 0. The predicted octanol–water partition coefficient (Wildman–Crippen LogP) is 1.86. The summed E-state index contributed by atoms with van der Waals surface area (Å²) in [5.74, 6) is 1.90. The molecule has 6 nitrogen and oxygen atoms in total. The van der Waals surface area contributed by atoms with E-state index >= 15 is 0 Å². The van der Waals surface area contributed by atoms with E-state index in [1.165, 1.54) is 6.07 Å². The fraction of sp³-hybridized carbons (Fsp3) is 0.417. The highest BCUT2D eigenvalue weighted by molar-refractivity contribution is 5.38. The molecule has 0 fully saturated rings. The lowest BCUT2D eigenvalue weighted by Crippen LogP contribution is -2.15. The van der Waals surface area contributed by atoms with Gasteiger partial charge in [-0.1, -0.05) is 5.16 Å². The maximum atomic E-state index is 11.3. The second kappa shape index (κ2) is 4.64. The van der Waals surface area contributed by atoms with Gasteiger partial charge in [0.15, 0.2) is 0 Å². The zero-order chi connectivity index (χ0) is 13.3. The number of aromatic amines is 1. The van der Waals surface area contributed by atoms with E-state index in [4.69, 9.17) is 4.52 Å². The van der Waals surface area contributed by atoms with Crippen LogP contribution in [0.5, 0.6) is 0 Å². The molecule has 1 unspecified atom stereocenters. The highest BCUT2D eigenvalue weighted by Crippen LogP contribution is 2.23. The van der Waals surface area contributed by atoms with Crippen LogP contribution in [0.3, 0.4) is 0 Å². The van der Waals surface area contributed by atoms with Crippen LogP contribution in [-0.4, -0.2) is 15.1 Å². The van der Waals surface area contributed by atoms with E-state index < -0.39 is 0 Å². The molecule has 6 heteroatoms. The molecule has 2 aromatic rings. The van der Waals surface area contributed by atoms with Crippen molar-refractivity contribution >= 4 is 5.82 Å². The van der Waals surface area contributed by atoms with Gasteiger partial charge in [-0.3, -0.25) is 4.79 Å². The second-order valence-electron chi connectivity index (χ2n) is 4.32. The number of aryl methyl sites for hydroxylation is 3. The van der Waals surface area contributed by atoms with Gasteiger partial charge in [-0.25, -0.2) is 4.98 Å². The van der Waals surface area contributed by atoms with Crippen LogP contribution in [0.1, 0.15) is 35.8 Å². The second-order valence-corrected chi connectivity index (χ2v) is 4.32. The summed E-state index contributed by atoms with van der Waals surface area (Å²) in [4.78, 5) is 18.2. The number of aromatic nitrogens is 3. The highest BCUT2D eigenvalue weighted by atomic mass is 16.5. The van der Waals surface area contributed by atoms with Crippen molar-refractivity contribution in [1.82, 2.24) is 15.1 Å². The van der Waals surface area contributed by atoms with E-state index in [1.807, 2.05) is 20.8 Å². The smallest absolute Gasteiger partial charge is 0.252 e. The van der Waals surface area contributed by atoms with Gasteiger partial charge < -0.3 is 14.8 Å². The van der Waals surface area contributed by atoms with E-state index in [0.717, 1.165) is 17.0 Å². The van der Waals surface area contributed by atoms with Gasteiger partial charge in [-0.15, -0.1) is 0 Å². The fourth-order valence-corrected chi connectivity index (χ4v) is 2.06. The number of nitrogens with one attached hydrogen (secondary N) is 2. The van der Waals surface area contributed by atoms with Crippen molar-refractivity contribution in [3.63, 3.8) is 0 Å². The van der Waals surface area contributed by atoms with E-state index in [2.05, 4.69) is 20.4 Å². The van der Waals surface area contributed by atoms with E-state index in [9.17, 15) is 4.79 Å². The SMILES string of the molecule is Cc1nc(NC(C)c2c(C)noc2C)cc(=O)[nH]1. The molecule has 1 atom stereocenters. The molecule has 18 heavy (non-hydrogen) atoms. The minimum Gasteiger partial charge on any atom is -0.363 e. The molecule has 96 valence electrons. The first-order chi connectivity index (χ1) is 8.47. The maximum absolute atomic E-state index is 11.3. The zero-order valence-electron chi connectivity index (χ0n) is 10.9. The van der Waals surface area contributed by atoms with Gasteiger partial charge in [0.2, 0.25) is 0 Å². The third-order valence-electron chi connectivity index (χ3n) is 2.75. The summed E-state index contributed by atoms with van der Waals surface area (Å²) in [5, 5.41) is 7.09. The molecule has 2 N–H and O–H groups in total. The van der Waals surface area contributed by atoms with Gasteiger partial charge in [-0.05, 0) is 27.7 Å². The average molecular weight is 248 g/mol. The molecule has 0 bridgehead atoms. The van der Waals surface area contributed by atoms with Gasteiger partial charge in [0.1, 0.15) is 17.4 Å². The molecule has 0 aliphatic heterocycles. The lowest BCUT2D eigenvalue weighted by Gasteiger charge is -2.14. The number of anilines is 1. The number of H-pyrrole nitrogens is 1. The van der Waals surface area contributed by atoms with Gasteiger partial charge >= 0.3 is 0 Å². The van der Waals surface area contributed by atoms with Crippen molar-refractivity contribution in [2.24, 2.45) is 0 Å².